The first-order valence-electron chi connectivity index (χ1n) is 8.04. The SMILES string of the molecule is O=C(CC1CNc2ccccc21)NC1CCCCCC1O. The number of benzene rings is 1. The smallest absolute Gasteiger partial charge is 0.220 e. The van der Waals surface area contributed by atoms with Gasteiger partial charge in [-0.05, 0) is 24.5 Å². The Labute approximate surface area is 125 Å². The lowest BCUT2D eigenvalue weighted by molar-refractivity contribution is -0.123. The molecule has 1 saturated carbocycles. The van der Waals surface area contributed by atoms with E-state index in [9.17, 15) is 9.90 Å². The normalized spacial score (nSPS) is 28.3. The molecule has 3 N–H and O–H groups in total. The van der Waals surface area contributed by atoms with Crippen LogP contribution in [-0.4, -0.2) is 29.7 Å². The molecule has 0 spiro atoms. The standard InChI is InChI=1S/C17H24N2O2/c20-16-9-3-1-2-8-15(16)19-17(21)10-12-11-18-14-7-5-4-6-13(12)14/h4-7,12,15-16,18,20H,1-3,8-11H2,(H,19,21). The van der Waals surface area contributed by atoms with Crippen LogP contribution in [-0.2, 0) is 4.79 Å². The zero-order valence-electron chi connectivity index (χ0n) is 12.3. The molecule has 21 heavy (non-hydrogen) atoms. The Hall–Kier alpha value is -1.55. The van der Waals surface area contributed by atoms with Crippen molar-refractivity contribution >= 4 is 11.6 Å². The predicted molar refractivity (Wildman–Crippen MR) is 83.3 cm³/mol. The van der Waals surface area contributed by atoms with Crippen LogP contribution >= 0.6 is 0 Å². The number of nitrogens with one attached hydrogen (secondary N) is 2. The van der Waals surface area contributed by atoms with Gasteiger partial charge in [-0.1, -0.05) is 37.5 Å². The maximum absolute atomic E-state index is 12.3. The number of carbonyl (C=O) groups is 1. The molecule has 1 aromatic rings. The Bertz CT molecular complexity index is 503. The van der Waals surface area contributed by atoms with Crippen LogP contribution in [0.3, 0.4) is 0 Å². The number of fused-ring (bicyclic) bond motifs is 1. The number of rotatable bonds is 3. The van der Waals surface area contributed by atoms with Gasteiger partial charge in [-0.25, -0.2) is 0 Å². The van der Waals surface area contributed by atoms with E-state index in [1.54, 1.807) is 0 Å². The lowest BCUT2D eigenvalue weighted by Gasteiger charge is -2.22. The highest BCUT2D eigenvalue weighted by atomic mass is 16.3. The summed E-state index contributed by atoms with van der Waals surface area (Å²) < 4.78 is 0. The number of anilines is 1. The summed E-state index contributed by atoms with van der Waals surface area (Å²) in [5.41, 5.74) is 2.37. The van der Waals surface area contributed by atoms with Crippen LogP contribution in [0.5, 0.6) is 0 Å². The van der Waals surface area contributed by atoms with Gasteiger partial charge in [0.25, 0.3) is 0 Å². The number of carbonyl (C=O) groups excluding carboxylic acids is 1. The third-order valence-electron chi connectivity index (χ3n) is 4.70. The summed E-state index contributed by atoms with van der Waals surface area (Å²) in [6.07, 6.45) is 5.12. The van der Waals surface area contributed by atoms with Crippen LogP contribution in [0, 0.1) is 0 Å². The van der Waals surface area contributed by atoms with Gasteiger partial charge < -0.3 is 15.7 Å². The monoisotopic (exact) mass is 288 g/mol. The molecule has 4 heteroatoms. The lowest BCUT2D eigenvalue weighted by Crippen LogP contribution is -2.43. The first kappa shape index (κ1) is 14.4. The van der Waals surface area contributed by atoms with Crippen molar-refractivity contribution in [3.05, 3.63) is 29.8 Å². The van der Waals surface area contributed by atoms with Crippen molar-refractivity contribution in [2.24, 2.45) is 0 Å². The van der Waals surface area contributed by atoms with Crippen molar-refractivity contribution in [3.8, 4) is 0 Å². The van der Waals surface area contributed by atoms with Gasteiger partial charge in [0.05, 0.1) is 12.1 Å². The predicted octanol–water partition coefficient (Wildman–Crippen LogP) is 2.40. The van der Waals surface area contributed by atoms with Crippen molar-refractivity contribution in [1.82, 2.24) is 5.32 Å². The van der Waals surface area contributed by atoms with E-state index in [0.29, 0.717) is 6.42 Å². The van der Waals surface area contributed by atoms with Gasteiger partial charge in [0, 0.05) is 24.6 Å². The number of amides is 1. The van der Waals surface area contributed by atoms with Gasteiger partial charge in [0.2, 0.25) is 5.91 Å². The zero-order valence-corrected chi connectivity index (χ0v) is 12.3. The molecule has 1 heterocycles. The van der Waals surface area contributed by atoms with Crippen LogP contribution in [0.4, 0.5) is 5.69 Å². The molecule has 4 nitrogen and oxygen atoms in total. The van der Waals surface area contributed by atoms with Crippen LogP contribution in [0.15, 0.2) is 24.3 Å². The van der Waals surface area contributed by atoms with E-state index in [2.05, 4.69) is 22.8 Å². The maximum atomic E-state index is 12.3. The summed E-state index contributed by atoms with van der Waals surface area (Å²) in [5.74, 6) is 0.300. The van der Waals surface area contributed by atoms with Gasteiger partial charge in [-0.2, -0.15) is 0 Å². The van der Waals surface area contributed by atoms with Crippen molar-refractivity contribution in [3.63, 3.8) is 0 Å². The fourth-order valence-corrected chi connectivity index (χ4v) is 3.49. The number of aliphatic hydroxyl groups is 1. The average Bonchev–Trinajstić information content (AvgIpc) is 2.77. The first-order chi connectivity index (χ1) is 10.2. The van der Waals surface area contributed by atoms with Crippen LogP contribution < -0.4 is 10.6 Å². The molecule has 3 rings (SSSR count). The minimum atomic E-state index is -0.384. The molecular formula is C17H24N2O2. The second kappa shape index (κ2) is 6.48. The summed E-state index contributed by atoms with van der Waals surface area (Å²) in [6.45, 7) is 0.819. The highest BCUT2D eigenvalue weighted by molar-refractivity contribution is 5.78. The number of para-hydroxylation sites is 1. The van der Waals surface area contributed by atoms with Crippen molar-refractivity contribution in [1.29, 1.82) is 0 Å². The van der Waals surface area contributed by atoms with E-state index < -0.39 is 0 Å². The molecule has 0 aromatic heterocycles. The minimum Gasteiger partial charge on any atom is -0.391 e. The average molecular weight is 288 g/mol. The van der Waals surface area contributed by atoms with Crippen molar-refractivity contribution in [2.45, 2.75) is 56.6 Å². The van der Waals surface area contributed by atoms with Crippen LogP contribution in [0.2, 0.25) is 0 Å². The number of hydrogen-bond acceptors (Lipinski definition) is 3. The highest BCUT2D eigenvalue weighted by Gasteiger charge is 2.27. The Kier molecular flexibility index (Phi) is 4.44. The number of hydrogen-bond donors (Lipinski definition) is 3. The van der Waals surface area contributed by atoms with Gasteiger partial charge >= 0.3 is 0 Å². The molecular weight excluding hydrogens is 264 g/mol. The summed E-state index contributed by atoms with van der Waals surface area (Å²) in [6, 6.07) is 8.11. The van der Waals surface area contributed by atoms with Crippen molar-refractivity contribution in [2.75, 3.05) is 11.9 Å². The topological polar surface area (TPSA) is 61.4 Å². The summed E-state index contributed by atoms with van der Waals surface area (Å²) in [7, 11) is 0. The third-order valence-corrected chi connectivity index (χ3v) is 4.70. The minimum absolute atomic E-state index is 0.0597. The molecule has 1 aromatic carbocycles. The first-order valence-corrected chi connectivity index (χ1v) is 8.04. The zero-order chi connectivity index (χ0) is 14.7. The van der Waals surface area contributed by atoms with E-state index in [-0.39, 0.29) is 24.0 Å². The fraction of sp³-hybridized carbons (Fsp3) is 0.588. The summed E-state index contributed by atoms with van der Waals surface area (Å²) >= 11 is 0. The molecule has 1 fully saturated rings. The van der Waals surface area contributed by atoms with Gasteiger partial charge in [0.15, 0.2) is 0 Å². The second-order valence-electron chi connectivity index (χ2n) is 6.25. The second-order valence-corrected chi connectivity index (χ2v) is 6.25. The van der Waals surface area contributed by atoms with E-state index in [1.807, 2.05) is 12.1 Å². The van der Waals surface area contributed by atoms with Crippen LogP contribution in [0.25, 0.3) is 0 Å². The molecule has 2 aliphatic rings. The van der Waals surface area contributed by atoms with E-state index in [4.69, 9.17) is 0 Å². The maximum Gasteiger partial charge on any atom is 0.220 e. The summed E-state index contributed by atoms with van der Waals surface area (Å²) in [4.78, 5) is 12.3. The van der Waals surface area contributed by atoms with E-state index in [1.165, 1.54) is 5.56 Å². The summed E-state index contributed by atoms with van der Waals surface area (Å²) in [5, 5.41) is 16.5. The molecule has 114 valence electrons. The highest BCUT2D eigenvalue weighted by Crippen LogP contribution is 2.33. The lowest BCUT2D eigenvalue weighted by atomic mass is 9.97. The van der Waals surface area contributed by atoms with Crippen LogP contribution in [0.1, 0.15) is 50.0 Å². The quantitative estimate of drug-likeness (QED) is 0.748. The van der Waals surface area contributed by atoms with E-state index >= 15 is 0 Å². The molecule has 3 unspecified atom stereocenters. The van der Waals surface area contributed by atoms with Crippen molar-refractivity contribution < 1.29 is 9.90 Å². The Morgan fingerprint density at radius 2 is 2.05 bits per heavy atom. The molecule has 1 aliphatic heterocycles. The molecule has 3 atom stereocenters. The third kappa shape index (κ3) is 3.38. The molecule has 1 amide bonds. The largest absolute Gasteiger partial charge is 0.391 e. The molecule has 0 saturated heterocycles. The molecule has 1 aliphatic carbocycles. The number of aliphatic hydroxyl groups excluding tert-OH is 1. The van der Waals surface area contributed by atoms with Gasteiger partial charge in [-0.15, -0.1) is 0 Å². The van der Waals surface area contributed by atoms with E-state index in [0.717, 1.165) is 44.3 Å². The Morgan fingerprint density at radius 1 is 1.24 bits per heavy atom. The molecule has 0 bridgehead atoms. The Morgan fingerprint density at radius 3 is 2.95 bits per heavy atom. The Balaban J connectivity index is 1.57. The van der Waals surface area contributed by atoms with Gasteiger partial charge in [0.1, 0.15) is 0 Å². The van der Waals surface area contributed by atoms with Gasteiger partial charge in [-0.3, -0.25) is 4.79 Å². The fourth-order valence-electron chi connectivity index (χ4n) is 3.49. The molecule has 0 radical (unpaired) electrons.